The molecule has 0 unspecified atom stereocenters. The highest BCUT2D eigenvalue weighted by Crippen LogP contribution is 2.31. The van der Waals surface area contributed by atoms with Crippen LogP contribution < -0.4 is 87.2 Å². The normalized spacial score (nSPS) is 17.2. The minimum absolute atomic E-state index is 0.0147. The van der Waals surface area contributed by atoms with E-state index >= 15 is 43.2 Å². The Balaban J connectivity index is 0.772. The van der Waals surface area contributed by atoms with Crippen molar-refractivity contribution in [3.63, 3.8) is 0 Å². The number of rotatable bonds is 48. The van der Waals surface area contributed by atoms with Crippen molar-refractivity contribution in [1.29, 1.82) is 10.8 Å². The number of likely N-dealkylation sites (tertiary alicyclic amines) is 3. The summed E-state index contributed by atoms with van der Waals surface area (Å²) in [4.78, 5) is 217. The average molecular weight is 1910 g/mol. The van der Waals surface area contributed by atoms with Gasteiger partial charge in [-0.25, -0.2) is 0 Å². The lowest BCUT2D eigenvalue weighted by Crippen LogP contribution is -2.61. The molecule has 10 aromatic rings. The van der Waals surface area contributed by atoms with Gasteiger partial charge in [0.2, 0.25) is 76.8 Å². The van der Waals surface area contributed by atoms with Gasteiger partial charge in [-0.05, 0) is 166 Å². The van der Waals surface area contributed by atoms with Crippen LogP contribution >= 0.6 is 0 Å². The molecular formula is C100H132N26O13. The third kappa shape index (κ3) is 26.0. The summed E-state index contributed by atoms with van der Waals surface area (Å²) in [7, 11) is 0. The van der Waals surface area contributed by atoms with Crippen molar-refractivity contribution in [2.75, 3.05) is 39.3 Å². The Labute approximate surface area is 804 Å². The number of benzene rings is 5. The van der Waals surface area contributed by atoms with Crippen LogP contribution in [0.3, 0.4) is 0 Å². The number of hydrogen-bond acceptors (Lipinski definition) is 17. The highest BCUT2D eigenvalue weighted by Gasteiger charge is 2.46. The molecule has 5 aromatic heterocycles. The van der Waals surface area contributed by atoms with E-state index in [-0.39, 0.29) is 153 Å². The molecule has 0 radical (unpaired) electrons. The molecule has 8 heterocycles. The number of fused-ring (bicyclic) bond motifs is 5. The fourth-order valence-electron chi connectivity index (χ4n) is 19.2. The van der Waals surface area contributed by atoms with Gasteiger partial charge in [0.05, 0.1) is 6.04 Å². The highest BCUT2D eigenvalue weighted by atomic mass is 16.2. The first-order chi connectivity index (χ1) is 66.9. The number of primary amides is 1. The van der Waals surface area contributed by atoms with Crippen molar-refractivity contribution >= 4 is 143 Å². The fraction of sp³-hybridized carbons (Fsp3) is 0.450. The molecule has 3 aliphatic heterocycles. The first-order valence-electron chi connectivity index (χ1n) is 48.2. The summed E-state index contributed by atoms with van der Waals surface area (Å²) < 4.78 is 0. The first-order valence-corrected chi connectivity index (χ1v) is 48.2. The maximum atomic E-state index is 16.1. The van der Waals surface area contributed by atoms with Crippen LogP contribution in [0.4, 0.5) is 0 Å². The number of nitrogens with zero attached hydrogens (tertiary/aromatic N) is 3. The number of aromatic amines is 5. The van der Waals surface area contributed by atoms with E-state index in [4.69, 9.17) is 39.5 Å². The predicted octanol–water partition coefficient (Wildman–Crippen LogP) is 3.50. The fourth-order valence-corrected chi connectivity index (χ4v) is 19.2. The molecule has 13 amide bonds. The number of nitrogens with one attached hydrogen (secondary N) is 18. The highest BCUT2D eigenvalue weighted by molar-refractivity contribution is 6.02. The number of carbonyl (C=O) groups is 13. The van der Waals surface area contributed by atoms with Gasteiger partial charge >= 0.3 is 0 Å². The van der Waals surface area contributed by atoms with Crippen LogP contribution in [0.2, 0.25) is 0 Å². The van der Waals surface area contributed by atoms with E-state index in [2.05, 4.69) is 83.4 Å². The predicted molar refractivity (Wildman–Crippen MR) is 529 cm³/mol. The molecule has 0 spiro atoms. The Morgan fingerprint density at radius 2 is 0.647 bits per heavy atom. The molecule has 13 rings (SSSR count). The van der Waals surface area contributed by atoms with Crippen molar-refractivity contribution < 1.29 is 62.3 Å². The van der Waals surface area contributed by atoms with Crippen LogP contribution in [0, 0.1) is 22.7 Å². The summed E-state index contributed by atoms with van der Waals surface area (Å²) in [5.74, 6) is -10.1. The molecule has 740 valence electrons. The van der Waals surface area contributed by atoms with Gasteiger partial charge in [0.1, 0.15) is 72.5 Å². The second-order valence-corrected chi connectivity index (χ2v) is 37.1. The topological polar surface area (TPSA) is 621 Å². The van der Waals surface area contributed by atoms with Crippen molar-refractivity contribution in [3.05, 3.63) is 180 Å². The molecule has 5 aromatic carbocycles. The van der Waals surface area contributed by atoms with Crippen LogP contribution in [-0.2, 0) is 94.4 Å². The molecule has 3 fully saturated rings. The summed E-state index contributed by atoms with van der Waals surface area (Å²) in [6.07, 6.45) is 11.5. The Morgan fingerprint density at radius 3 is 0.957 bits per heavy atom. The van der Waals surface area contributed by atoms with Gasteiger partial charge in [-0.1, -0.05) is 125 Å². The lowest BCUT2D eigenvalue weighted by Gasteiger charge is -2.32. The Bertz CT molecular complexity index is 6070. The summed E-state index contributed by atoms with van der Waals surface area (Å²) >= 11 is 0. The third-order valence-corrected chi connectivity index (χ3v) is 26.9. The van der Waals surface area contributed by atoms with Crippen molar-refractivity contribution in [1.82, 2.24) is 98.1 Å². The quantitative estimate of drug-likeness (QED) is 0.0147. The van der Waals surface area contributed by atoms with Gasteiger partial charge in [-0.15, -0.1) is 0 Å². The van der Waals surface area contributed by atoms with Crippen LogP contribution in [0.15, 0.2) is 152 Å². The molecule has 39 nitrogen and oxygen atoms in total. The van der Waals surface area contributed by atoms with Crippen LogP contribution in [0.25, 0.3) is 54.5 Å². The average Bonchev–Trinajstić information content (AvgIpc) is 1.66. The van der Waals surface area contributed by atoms with Gasteiger partial charge < -0.3 is 127 Å². The minimum Gasteiger partial charge on any atom is -0.370 e. The number of aromatic nitrogens is 5. The molecule has 0 aliphatic carbocycles. The SMILES string of the molecule is CC[C@H](C)[C@H](N)C(=O)N[C@H](CC(C)C)C(=O)N1CCC[C@H]1C(=O)N[C@H](Cc1c[nH]c2ccccc12)C(=O)N[C@@H](CCCCN)C(=O)N[C@H](Cc1c[nH]c2ccccc12)C(=O)N1CCC[C@H]1C(=O)N[C@H](Cc1c[nH]c2ccccc12)C(=O)N[C@@H](Cc1c[nH]c2ccccc12)C(=O)N1CCC[C@@H]1C(=O)N[C@@H](Cc1c[nH]c2ccccc12)C(=O)N[C@H](CCCNC(=N)N)C(=O)N[C@@H](CCCNC(=N)N)C(N)=O. The van der Waals surface area contributed by atoms with Gasteiger partial charge in [-0.3, -0.25) is 73.1 Å². The van der Waals surface area contributed by atoms with E-state index in [1.54, 1.807) is 31.0 Å². The molecule has 139 heavy (non-hydrogen) atoms. The molecule has 0 saturated carbocycles. The zero-order valence-corrected chi connectivity index (χ0v) is 79.0. The number of hydrogen-bond donors (Lipinski definition) is 23. The summed E-state index contributed by atoms with van der Waals surface area (Å²) in [6, 6.07) is 20.3. The minimum atomic E-state index is -1.48. The van der Waals surface area contributed by atoms with Crippen molar-refractivity contribution in [3.8, 4) is 0 Å². The zero-order chi connectivity index (χ0) is 99.1. The van der Waals surface area contributed by atoms with Crippen LogP contribution in [-0.4, -0.2) is 246 Å². The molecule has 14 atom stereocenters. The molecule has 3 aliphatic rings. The van der Waals surface area contributed by atoms with Crippen molar-refractivity contribution in [2.24, 2.45) is 40.5 Å². The lowest BCUT2D eigenvalue weighted by atomic mass is 9.97. The largest absolute Gasteiger partial charge is 0.370 e. The number of H-pyrrole nitrogens is 5. The lowest BCUT2D eigenvalue weighted by molar-refractivity contribution is -0.143. The summed E-state index contributed by atoms with van der Waals surface area (Å²) in [5, 5.41) is 50.7. The maximum Gasteiger partial charge on any atom is 0.246 e. The zero-order valence-electron chi connectivity index (χ0n) is 79.0. The van der Waals surface area contributed by atoms with E-state index in [1.165, 1.54) is 14.7 Å². The van der Waals surface area contributed by atoms with Gasteiger partial charge in [0, 0.05) is 150 Å². The Hall–Kier alpha value is -14.6. The smallest absolute Gasteiger partial charge is 0.246 e. The van der Waals surface area contributed by atoms with Gasteiger partial charge in [0.15, 0.2) is 11.9 Å². The number of nitrogens with two attached hydrogens (primary N) is 5. The Morgan fingerprint density at radius 1 is 0.367 bits per heavy atom. The van der Waals surface area contributed by atoms with E-state index in [0.717, 1.165) is 49.0 Å². The van der Waals surface area contributed by atoms with Crippen LogP contribution in [0.5, 0.6) is 0 Å². The van der Waals surface area contributed by atoms with E-state index in [9.17, 15) is 19.2 Å². The number of carbonyl (C=O) groups excluding carboxylic acids is 13. The standard InChI is InChI=1S/C100H132N26O13/c1-5-57(4)85(102)95(136)123-79(45-56(2)3)96(137)124-42-20-36-82(124)92(133)118-76(46-58-51-110-68-28-11-6-23-63(58)68)89(130)116-74(33-16-17-39-101)88(129)121-80(49-61-54-113-71-31-14-9-26-66(61)71)97(138)125-43-21-38-84(125)94(135)120-78(48-60-53-112-70-30-13-8-25-65(60)70)91(132)122-81(50-62-55-114-72-32-15-10-27-67(62)72)98(139)126-44-22-37-83(126)93(134)119-77(47-59-52-111-69-29-12-7-24-64(59)69)90(131)117-75(35-19-41-109-100(106)107)87(128)115-73(86(103)127)34-18-40-108-99(104)105/h6-15,23-32,51-57,73-85,110-114H,5,16-22,33-50,101-102H2,1-4H3,(H2,103,127)(H,115,128)(H,116,130)(H,117,131)(H,118,133)(H,119,134)(H,120,135)(H,121,129)(H,122,132)(H,123,136)(H4,104,105,108)(H4,106,107,109)/t57-,73-,74-,75+,76+,77-,78+,79+,80+,81-,82-,83+,84-,85-/m0/s1. The summed E-state index contributed by atoms with van der Waals surface area (Å²) in [5.41, 5.74) is 36.1. The third-order valence-electron chi connectivity index (χ3n) is 26.9. The molecule has 28 N–H and O–H groups in total. The summed E-state index contributed by atoms with van der Waals surface area (Å²) in [6.45, 7) is 8.37. The number of amides is 13. The Kier molecular flexibility index (Phi) is 35.1. The van der Waals surface area contributed by atoms with Crippen LogP contribution in [0.1, 0.15) is 152 Å². The number of unbranched alkanes of at least 4 members (excludes halogenated alkanes) is 1. The molecular weight excluding hydrogens is 1770 g/mol. The van der Waals surface area contributed by atoms with E-state index < -0.39 is 155 Å². The first kappa shape index (κ1) is 102. The maximum absolute atomic E-state index is 16.1. The molecule has 39 heteroatoms. The van der Waals surface area contributed by atoms with Gasteiger partial charge in [0.25, 0.3) is 0 Å². The van der Waals surface area contributed by atoms with Crippen molar-refractivity contribution in [2.45, 2.75) is 235 Å². The molecule has 3 saturated heterocycles. The second kappa shape index (κ2) is 47.9. The van der Waals surface area contributed by atoms with E-state index in [1.807, 2.05) is 149 Å². The molecule has 0 bridgehead atoms. The number of guanidine groups is 2. The second-order valence-electron chi connectivity index (χ2n) is 37.1. The van der Waals surface area contributed by atoms with E-state index in [0.29, 0.717) is 71.9 Å². The number of para-hydroxylation sites is 5. The van der Waals surface area contributed by atoms with Gasteiger partial charge in [-0.2, -0.15) is 0 Å². The monoisotopic (exact) mass is 1910 g/mol.